The number of carbonyl (C=O) groups excluding carboxylic acids is 4. The van der Waals surface area contributed by atoms with Gasteiger partial charge in [0.1, 0.15) is 0 Å². The maximum atomic E-state index is 12.5. The second kappa shape index (κ2) is 41.9. The van der Waals surface area contributed by atoms with Crippen LogP contribution in [0.1, 0.15) is 136 Å². The van der Waals surface area contributed by atoms with E-state index in [9.17, 15) is 19.2 Å². The molecule has 0 spiro atoms. The van der Waals surface area contributed by atoms with Crippen LogP contribution in [0.5, 0.6) is 0 Å². The largest absolute Gasteiger partial charge is 0.396 e. The SMILES string of the molecule is Brc1ccc2ccccc2c1.C.C#Cc1cccc(CCCO)c1.NCCCc1cccc(C#Cc2ccc3ccccc3c2)c1.O=C1NC(=O)c2ccccc21.O=C1c2ccccc2C(=O)N1CCCc1cccc(C#Cc2ccc3ccccc3c2)c1.OCCCc1cccc(C#Cc2ccc3ccccc3c2)c1. The molecule has 0 atom stereocenters. The molecule has 14 aromatic rings. The summed E-state index contributed by atoms with van der Waals surface area (Å²) in [6.07, 6.45) is 12.1. The van der Waals surface area contributed by atoms with E-state index in [0.717, 1.165) is 100 Å². The molecular weight excluding hydrogens is 1430 g/mol. The molecule has 0 aromatic heterocycles. The number of nitrogens with zero attached hydrogens (tertiary/aromatic N) is 1. The van der Waals surface area contributed by atoms with E-state index in [1.807, 2.05) is 78.9 Å². The summed E-state index contributed by atoms with van der Waals surface area (Å²) in [5.74, 6) is 21.1. The van der Waals surface area contributed by atoms with Gasteiger partial charge in [0, 0.05) is 63.2 Å². The molecule has 0 bridgehead atoms. The zero-order chi connectivity index (χ0) is 76.7. The Morgan fingerprint density at radius 2 is 0.622 bits per heavy atom. The van der Waals surface area contributed by atoms with Gasteiger partial charge in [-0.1, -0.05) is 259 Å². The van der Waals surface area contributed by atoms with Crippen LogP contribution in [-0.4, -0.2) is 65.0 Å². The fraction of sp³-hybridized carbons (Fsp3) is 0.129. The molecule has 0 saturated carbocycles. The molecule has 9 nitrogen and oxygen atoms in total. The summed E-state index contributed by atoms with van der Waals surface area (Å²) in [5, 5.41) is 29.6. The molecule has 2 aliphatic heterocycles. The van der Waals surface area contributed by atoms with Gasteiger partial charge in [0.05, 0.1) is 22.3 Å². The minimum absolute atomic E-state index is 0. The van der Waals surface area contributed by atoms with Gasteiger partial charge in [-0.2, -0.15) is 0 Å². The van der Waals surface area contributed by atoms with E-state index in [4.69, 9.17) is 22.4 Å². The van der Waals surface area contributed by atoms with Crippen molar-refractivity contribution in [2.45, 2.75) is 58.8 Å². The van der Waals surface area contributed by atoms with E-state index >= 15 is 0 Å². The molecule has 2 aliphatic rings. The van der Waals surface area contributed by atoms with Crippen LogP contribution < -0.4 is 11.1 Å². The number of nitrogens with two attached hydrogens (primary N) is 1. The number of amides is 4. The van der Waals surface area contributed by atoms with Crippen molar-refractivity contribution in [3.8, 4) is 47.9 Å². The normalized spacial score (nSPS) is 11.1. The van der Waals surface area contributed by atoms with Gasteiger partial charge < -0.3 is 15.9 Å². The summed E-state index contributed by atoms with van der Waals surface area (Å²) in [6, 6.07) is 105. The van der Waals surface area contributed by atoms with Crippen LogP contribution in [0.4, 0.5) is 0 Å². The Balaban J connectivity index is 0.000000148. The van der Waals surface area contributed by atoms with Gasteiger partial charge >= 0.3 is 0 Å². The van der Waals surface area contributed by atoms with Crippen molar-refractivity contribution in [1.29, 1.82) is 0 Å². The first-order chi connectivity index (χ1) is 53.9. The van der Waals surface area contributed by atoms with Gasteiger partial charge in [-0.25, -0.2) is 0 Å². The number of fused-ring (bicyclic) bond motifs is 6. The molecule has 0 fully saturated rings. The van der Waals surface area contributed by atoms with E-state index < -0.39 is 0 Å². The predicted octanol–water partition coefficient (Wildman–Crippen LogP) is 20.2. The number of hydrogen-bond donors (Lipinski definition) is 4. The van der Waals surface area contributed by atoms with Crippen LogP contribution in [0.3, 0.4) is 0 Å². The lowest BCUT2D eigenvalue weighted by Crippen LogP contribution is -2.30. The van der Waals surface area contributed by atoms with Crippen molar-refractivity contribution in [2.24, 2.45) is 5.73 Å². The molecule has 111 heavy (non-hydrogen) atoms. The fourth-order valence-electron chi connectivity index (χ4n) is 12.5. The van der Waals surface area contributed by atoms with Crippen molar-refractivity contribution in [3.05, 3.63) is 403 Å². The van der Waals surface area contributed by atoms with Crippen LogP contribution in [-0.2, 0) is 25.7 Å². The molecule has 14 aromatic carbocycles. The molecule has 16 rings (SSSR count). The molecular formula is C101H86BrN3O6. The number of terminal acetylenes is 1. The summed E-state index contributed by atoms with van der Waals surface area (Å²) >= 11 is 3.43. The van der Waals surface area contributed by atoms with Gasteiger partial charge in [-0.15, -0.1) is 6.42 Å². The molecule has 0 aliphatic carbocycles. The molecule has 2 heterocycles. The highest BCUT2D eigenvalue weighted by Gasteiger charge is 2.34. The lowest BCUT2D eigenvalue weighted by Gasteiger charge is -2.13. The quantitative estimate of drug-likeness (QED) is 0.0663. The van der Waals surface area contributed by atoms with Gasteiger partial charge in [0.25, 0.3) is 23.6 Å². The van der Waals surface area contributed by atoms with E-state index in [0.29, 0.717) is 35.2 Å². The van der Waals surface area contributed by atoms with Crippen LogP contribution in [0.15, 0.2) is 320 Å². The van der Waals surface area contributed by atoms with E-state index in [1.54, 1.807) is 48.5 Å². The number of hydrogen-bond acceptors (Lipinski definition) is 7. The van der Waals surface area contributed by atoms with Crippen LogP contribution in [0.25, 0.3) is 43.1 Å². The number of rotatable bonds is 13. The molecule has 4 amide bonds. The third kappa shape index (κ3) is 23.7. The average molecular weight is 1520 g/mol. The molecule has 5 N–H and O–H groups in total. The van der Waals surface area contributed by atoms with Crippen molar-refractivity contribution < 1.29 is 29.4 Å². The van der Waals surface area contributed by atoms with Crippen LogP contribution in [0, 0.1) is 47.9 Å². The highest BCUT2D eigenvalue weighted by molar-refractivity contribution is 9.10. The number of nitrogens with one attached hydrogen (secondary N) is 1. The Hall–Kier alpha value is -13.0. The average Bonchev–Trinajstić information content (AvgIpc) is 1.64. The smallest absolute Gasteiger partial charge is 0.261 e. The number of carbonyl (C=O) groups is 4. The van der Waals surface area contributed by atoms with Gasteiger partial charge in [-0.05, 0) is 245 Å². The molecule has 0 saturated heterocycles. The van der Waals surface area contributed by atoms with Crippen molar-refractivity contribution in [1.82, 2.24) is 10.2 Å². The topological polar surface area (TPSA) is 150 Å². The first-order valence-electron chi connectivity index (χ1n) is 36.7. The minimum Gasteiger partial charge on any atom is -0.396 e. The van der Waals surface area contributed by atoms with Crippen molar-refractivity contribution in [2.75, 3.05) is 26.3 Å². The third-order valence-corrected chi connectivity index (χ3v) is 18.7. The standard InChI is InChI=1S/C29H21NO2.C21H19N.C21H18O.C11H12O.C10H7Br.C8H5NO2.CH4/c31-28-26-12-3-4-13-27(26)29(32)30(28)18-6-9-21-7-5-8-22(19-21)14-15-23-16-17-24-10-1-2-11-25(24)20-23;2*22-14-4-7-17-5-3-6-18(15-17)10-11-19-12-13-20-8-1-2-9-21(20)16-19;1-2-10-5-3-6-11(9-10)7-4-8-12;11-10-6-5-8-3-1-2-4-9(8)7-10;10-7-5-3-1-2-4-6(5)8(11)9-7;/h1-5,7-8,10-13,16-17,19-20H,6,9,18H2;1-3,5-6,8-9,12-13,15-16H,4,7,14,22H2;1-3,5-6,8-9,12-13,15-16,22H,4,7,14H2;1,3,5-6,9,12H,4,7-8H2;1-7H;1-4H,(H,9,10,11);1H4. The maximum Gasteiger partial charge on any atom is 0.261 e. The first-order valence-corrected chi connectivity index (χ1v) is 37.5. The summed E-state index contributed by atoms with van der Waals surface area (Å²) in [5.41, 5.74) is 19.4. The zero-order valence-corrected chi connectivity index (χ0v) is 62.6. The number of imide groups is 2. The zero-order valence-electron chi connectivity index (χ0n) is 61.0. The minimum atomic E-state index is -0.300. The van der Waals surface area contributed by atoms with E-state index in [2.05, 4.69) is 251 Å². The van der Waals surface area contributed by atoms with Gasteiger partial charge in [-0.3, -0.25) is 29.4 Å². The fourth-order valence-corrected chi connectivity index (χ4v) is 12.9. The summed E-state index contributed by atoms with van der Waals surface area (Å²) in [4.78, 5) is 48.2. The van der Waals surface area contributed by atoms with Crippen molar-refractivity contribution >= 4 is 82.6 Å². The molecule has 0 radical (unpaired) electrons. The first kappa shape index (κ1) is 80.5. The summed E-state index contributed by atoms with van der Waals surface area (Å²) in [6.45, 7) is 1.61. The lowest BCUT2D eigenvalue weighted by molar-refractivity contribution is 0.0651. The third-order valence-electron chi connectivity index (χ3n) is 18.2. The number of benzene rings is 14. The summed E-state index contributed by atoms with van der Waals surface area (Å²) < 4.78 is 1.14. The van der Waals surface area contributed by atoms with E-state index in [1.165, 1.54) is 64.7 Å². The van der Waals surface area contributed by atoms with Crippen LogP contribution >= 0.6 is 15.9 Å². The molecule has 0 unspecified atom stereocenters. The Morgan fingerprint density at radius 3 is 0.982 bits per heavy atom. The Kier molecular flexibility index (Phi) is 30.4. The number of aliphatic hydroxyl groups excluding tert-OH is 2. The molecule has 10 heteroatoms. The maximum absolute atomic E-state index is 12.5. The highest BCUT2D eigenvalue weighted by atomic mass is 79.9. The highest BCUT2D eigenvalue weighted by Crippen LogP contribution is 2.25. The predicted molar refractivity (Wildman–Crippen MR) is 458 cm³/mol. The van der Waals surface area contributed by atoms with Gasteiger partial charge in [0.15, 0.2) is 0 Å². The monoisotopic (exact) mass is 1520 g/mol. The van der Waals surface area contributed by atoms with Crippen molar-refractivity contribution in [3.63, 3.8) is 0 Å². The second-order valence-electron chi connectivity index (χ2n) is 26.2. The molecule has 548 valence electrons. The Morgan fingerprint density at radius 1 is 0.324 bits per heavy atom. The number of aliphatic hydroxyl groups is 2. The van der Waals surface area contributed by atoms with E-state index in [-0.39, 0.29) is 44.3 Å². The second-order valence-corrected chi connectivity index (χ2v) is 27.1. The Labute approximate surface area is 660 Å². The number of aryl methyl sites for hydroxylation is 4. The van der Waals surface area contributed by atoms with Crippen LogP contribution in [0.2, 0.25) is 0 Å². The van der Waals surface area contributed by atoms with Gasteiger partial charge in [0.2, 0.25) is 0 Å². The lowest BCUT2D eigenvalue weighted by atomic mass is 10.0. The summed E-state index contributed by atoms with van der Waals surface area (Å²) in [7, 11) is 0. The number of halogens is 1. The Bertz CT molecular complexity index is 5630.